The van der Waals surface area contributed by atoms with Gasteiger partial charge in [-0.25, -0.2) is 0 Å². The molecule has 4 nitrogen and oxygen atoms in total. The molecule has 1 N–H and O–H groups in total. The van der Waals surface area contributed by atoms with E-state index in [9.17, 15) is 4.79 Å². The molecule has 2 aromatic rings. The number of nitrogens with one attached hydrogen (secondary N) is 1. The largest absolute Gasteiger partial charge is 0.356 e. The summed E-state index contributed by atoms with van der Waals surface area (Å²) < 4.78 is 1.88. The zero-order valence-electron chi connectivity index (χ0n) is 11.4. The highest BCUT2D eigenvalue weighted by Crippen LogP contribution is 2.47. The van der Waals surface area contributed by atoms with Crippen LogP contribution in [0.5, 0.6) is 0 Å². The second kappa shape index (κ2) is 5.90. The van der Waals surface area contributed by atoms with E-state index in [0.717, 1.165) is 25.9 Å². The minimum Gasteiger partial charge on any atom is -0.356 e. The number of aryl methyl sites for hydroxylation is 1. The van der Waals surface area contributed by atoms with Gasteiger partial charge in [-0.2, -0.15) is 5.10 Å². The van der Waals surface area contributed by atoms with Crippen molar-refractivity contribution < 1.29 is 4.79 Å². The van der Waals surface area contributed by atoms with Crippen LogP contribution in [0.4, 0.5) is 0 Å². The van der Waals surface area contributed by atoms with E-state index in [0.29, 0.717) is 5.92 Å². The Balaban J connectivity index is 1.38. The van der Waals surface area contributed by atoms with Crippen molar-refractivity contribution in [1.82, 2.24) is 15.1 Å². The van der Waals surface area contributed by atoms with Crippen LogP contribution in [0.1, 0.15) is 24.3 Å². The molecule has 4 heteroatoms. The Morgan fingerprint density at radius 3 is 2.90 bits per heavy atom. The highest BCUT2D eigenvalue weighted by molar-refractivity contribution is 5.82. The third-order valence-corrected chi connectivity index (χ3v) is 3.78. The van der Waals surface area contributed by atoms with Crippen LogP contribution in [-0.2, 0) is 11.3 Å². The van der Waals surface area contributed by atoms with Gasteiger partial charge in [0.2, 0.25) is 5.91 Å². The molecule has 1 saturated carbocycles. The van der Waals surface area contributed by atoms with E-state index in [1.807, 2.05) is 35.1 Å². The standard InChI is InChI=1S/C16H19N3O/c20-16(17-8-4-10-19-11-5-9-18-19)15-12-14(15)13-6-2-1-3-7-13/h1-3,5-7,9,11,14-15H,4,8,10,12H2,(H,17,20)/t14-,15+/m0/s1. The van der Waals surface area contributed by atoms with Crippen LogP contribution in [0.15, 0.2) is 48.8 Å². The fourth-order valence-electron chi connectivity index (χ4n) is 2.57. The van der Waals surface area contributed by atoms with Gasteiger partial charge in [0.1, 0.15) is 0 Å². The van der Waals surface area contributed by atoms with E-state index in [-0.39, 0.29) is 11.8 Å². The van der Waals surface area contributed by atoms with Gasteiger partial charge in [-0.05, 0) is 30.4 Å². The molecule has 0 spiro atoms. The molecule has 20 heavy (non-hydrogen) atoms. The van der Waals surface area contributed by atoms with Gasteiger partial charge in [0.15, 0.2) is 0 Å². The first kappa shape index (κ1) is 12.9. The van der Waals surface area contributed by atoms with Crippen LogP contribution < -0.4 is 5.32 Å². The Hall–Kier alpha value is -2.10. The number of carbonyl (C=O) groups is 1. The SMILES string of the molecule is O=C(NCCCn1cccn1)[C@@H]1C[C@H]1c1ccccc1. The molecule has 1 heterocycles. The van der Waals surface area contributed by atoms with Crippen LogP contribution in [0, 0.1) is 5.92 Å². The normalized spacial score (nSPS) is 20.6. The summed E-state index contributed by atoms with van der Waals surface area (Å²) in [6.45, 7) is 1.57. The van der Waals surface area contributed by atoms with E-state index in [4.69, 9.17) is 0 Å². The number of hydrogen-bond acceptors (Lipinski definition) is 2. The summed E-state index contributed by atoms with van der Waals surface area (Å²) in [5.74, 6) is 0.781. The molecule has 1 aliphatic rings. The smallest absolute Gasteiger partial charge is 0.223 e. The van der Waals surface area contributed by atoms with Crippen molar-refractivity contribution in [3.63, 3.8) is 0 Å². The summed E-state index contributed by atoms with van der Waals surface area (Å²) in [4.78, 5) is 12.0. The van der Waals surface area contributed by atoms with Crippen LogP contribution in [0.3, 0.4) is 0 Å². The highest BCUT2D eigenvalue weighted by atomic mass is 16.2. The van der Waals surface area contributed by atoms with Crippen molar-refractivity contribution in [2.24, 2.45) is 5.92 Å². The van der Waals surface area contributed by atoms with E-state index in [1.54, 1.807) is 6.20 Å². The first-order valence-electron chi connectivity index (χ1n) is 7.14. The van der Waals surface area contributed by atoms with Crippen LogP contribution >= 0.6 is 0 Å². The summed E-state index contributed by atoms with van der Waals surface area (Å²) in [7, 11) is 0. The molecule has 1 aromatic heterocycles. The second-order valence-corrected chi connectivity index (χ2v) is 5.27. The van der Waals surface area contributed by atoms with Gasteiger partial charge in [-0.3, -0.25) is 9.48 Å². The molecule has 0 unspecified atom stereocenters. The summed E-state index contributed by atoms with van der Waals surface area (Å²) >= 11 is 0. The van der Waals surface area contributed by atoms with E-state index >= 15 is 0 Å². The molecule has 1 aliphatic carbocycles. The second-order valence-electron chi connectivity index (χ2n) is 5.27. The molecule has 3 rings (SSSR count). The number of benzene rings is 1. The third-order valence-electron chi connectivity index (χ3n) is 3.78. The van der Waals surface area contributed by atoms with Gasteiger partial charge in [-0.15, -0.1) is 0 Å². The maximum Gasteiger partial charge on any atom is 0.223 e. The fraction of sp³-hybridized carbons (Fsp3) is 0.375. The summed E-state index contributed by atoms with van der Waals surface area (Å²) in [6.07, 6.45) is 5.60. The van der Waals surface area contributed by atoms with Crippen molar-refractivity contribution in [3.05, 3.63) is 54.4 Å². The third kappa shape index (κ3) is 3.07. The molecule has 104 valence electrons. The first-order valence-corrected chi connectivity index (χ1v) is 7.14. The average molecular weight is 269 g/mol. The molecular formula is C16H19N3O. The minimum absolute atomic E-state index is 0.169. The van der Waals surface area contributed by atoms with Crippen molar-refractivity contribution in [1.29, 1.82) is 0 Å². The predicted molar refractivity (Wildman–Crippen MR) is 77.1 cm³/mol. The van der Waals surface area contributed by atoms with Gasteiger partial charge in [-0.1, -0.05) is 30.3 Å². The van der Waals surface area contributed by atoms with Crippen LogP contribution in [-0.4, -0.2) is 22.2 Å². The highest BCUT2D eigenvalue weighted by Gasteiger charge is 2.43. The molecule has 1 aromatic carbocycles. The Bertz CT molecular complexity index is 550. The number of nitrogens with zero attached hydrogens (tertiary/aromatic N) is 2. The zero-order chi connectivity index (χ0) is 13.8. The quantitative estimate of drug-likeness (QED) is 0.817. The minimum atomic E-state index is 0.169. The van der Waals surface area contributed by atoms with Gasteiger partial charge in [0, 0.05) is 31.4 Å². The number of rotatable bonds is 6. The van der Waals surface area contributed by atoms with Crippen molar-refractivity contribution in [2.45, 2.75) is 25.3 Å². The summed E-state index contributed by atoms with van der Waals surface area (Å²) in [5.41, 5.74) is 1.28. The average Bonchev–Trinajstić information content (AvgIpc) is 3.13. The molecule has 1 fully saturated rings. The number of aromatic nitrogens is 2. The molecule has 0 saturated heterocycles. The summed E-state index contributed by atoms with van der Waals surface area (Å²) in [6, 6.07) is 12.2. The Morgan fingerprint density at radius 1 is 1.30 bits per heavy atom. The lowest BCUT2D eigenvalue weighted by Gasteiger charge is -2.05. The first-order chi connectivity index (χ1) is 9.84. The summed E-state index contributed by atoms with van der Waals surface area (Å²) in [5, 5.41) is 7.16. The van der Waals surface area contributed by atoms with Gasteiger partial charge < -0.3 is 5.32 Å². The lowest BCUT2D eigenvalue weighted by Crippen LogP contribution is -2.27. The van der Waals surface area contributed by atoms with Crippen molar-refractivity contribution in [2.75, 3.05) is 6.54 Å². The van der Waals surface area contributed by atoms with E-state index in [1.165, 1.54) is 5.56 Å². The fourth-order valence-corrected chi connectivity index (χ4v) is 2.57. The topological polar surface area (TPSA) is 46.9 Å². The Labute approximate surface area is 118 Å². The maximum atomic E-state index is 12.0. The number of hydrogen-bond donors (Lipinski definition) is 1. The van der Waals surface area contributed by atoms with Gasteiger partial charge in [0.25, 0.3) is 0 Å². The molecule has 1 amide bonds. The maximum absolute atomic E-state index is 12.0. The number of amides is 1. The van der Waals surface area contributed by atoms with Crippen molar-refractivity contribution >= 4 is 5.91 Å². The number of carbonyl (C=O) groups excluding carboxylic acids is 1. The lowest BCUT2D eigenvalue weighted by molar-refractivity contribution is -0.122. The van der Waals surface area contributed by atoms with Crippen LogP contribution in [0.2, 0.25) is 0 Å². The van der Waals surface area contributed by atoms with Gasteiger partial charge >= 0.3 is 0 Å². The van der Waals surface area contributed by atoms with E-state index < -0.39 is 0 Å². The molecule has 0 bridgehead atoms. The Morgan fingerprint density at radius 2 is 2.15 bits per heavy atom. The van der Waals surface area contributed by atoms with Gasteiger partial charge in [0.05, 0.1) is 0 Å². The van der Waals surface area contributed by atoms with E-state index in [2.05, 4.69) is 22.5 Å². The molecule has 0 aliphatic heterocycles. The van der Waals surface area contributed by atoms with Crippen molar-refractivity contribution in [3.8, 4) is 0 Å². The predicted octanol–water partition coefficient (Wildman–Crippen LogP) is 2.19. The molecular weight excluding hydrogens is 250 g/mol. The van der Waals surface area contributed by atoms with Crippen LogP contribution in [0.25, 0.3) is 0 Å². The Kier molecular flexibility index (Phi) is 3.81. The lowest BCUT2D eigenvalue weighted by atomic mass is 10.1. The molecule has 2 atom stereocenters. The monoisotopic (exact) mass is 269 g/mol. The molecule has 0 radical (unpaired) electrons. The zero-order valence-corrected chi connectivity index (χ0v) is 11.4.